The summed E-state index contributed by atoms with van der Waals surface area (Å²) in [6.07, 6.45) is 6.60. The van der Waals surface area contributed by atoms with Gasteiger partial charge in [-0.15, -0.1) is 0 Å². The highest BCUT2D eigenvalue weighted by molar-refractivity contribution is 5.70. The summed E-state index contributed by atoms with van der Waals surface area (Å²) in [4.78, 5) is 2.22. The Labute approximate surface area is 90.0 Å². The van der Waals surface area contributed by atoms with Gasteiger partial charge in [0.1, 0.15) is 0 Å². The van der Waals surface area contributed by atoms with E-state index < -0.39 is 0 Å². The van der Waals surface area contributed by atoms with Gasteiger partial charge in [0.15, 0.2) is 0 Å². The minimum Gasteiger partial charge on any atom is -0.332 e. The summed E-state index contributed by atoms with van der Waals surface area (Å²) in [5.41, 5.74) is 5.15. The van der Waals surface area contributed by atoms with Crippen LogP contribution in [0.5, 0.6) is 0 Å². The van der Waals surface area contributed by atoms with E-state index in [-0.39, 0.29) is 0 Å². The molecule has 3 rings (SSSR count). The molecule has 1 radical (unpaired) electrons. The van der Waals surface area contributed by atoms with Crippen LogP contribution in [0.2, 0.25) is 0 Å². The van der Waals surface area contributed by atoms with Crippen molar-refractivity contribution in [2.45, 2.75) is 6.92 Å². The molecule has 2 aliphatic rings. The van der Waals surface area contributed by atoms with Crippen molar-refractivity contribution < 1.29 is 0 Å². The van der Waals surface area contributed by atoms with Gasteiger partial charge in [0, 0.05) is 11.4 Å². The molecule has 73 valence electrons. The maximum Gasteiger partial charge on any atom is 0.0775 e. The summed E-state index contributed by atoms with van der Waals surface area (Å²) < 4.78 is 0. The number of nitrogens with zero attached hydrogens (tertiary/aromatic N) is 1. The fraction of sp³-hybridized carbons (Fsp3) is 0.0714. The van der Waals surface area contributed by atoms with Crippen LogP contribution in [0.4, 0.5) is 5.69 Å². The molecule has 1 nitrogen and oxygen atoms in total. The third-order valence-corrected chi connectivity index (χ3v) is 2.74. The Morgan fingerprint density at radius 3 is 2.60 bits per heavy atom. The second-order valence-corrected chi connectivity index (χ2v) is 3.89. The van der Waals surface area contributed by atoms with Crippen LogP contribution in [0.3, 0.4) is 0 Å². The largest absolute Gasteiger partial charge is 0.332 e. The highest BCUT2D eigenvalue weighted by Gasteiger charge is 2.23. The van der Waals surface area contributed by atoms with Crippen molar-refractivity contribution in [1.29, 1.82) is 0 Å². The van der Waals surface area contributed by atoms with Gasteiger partial charge in [-0.1, -0.05) is 30.4 Å². The lowest BCUT2D eigenvalue weighted by Gasteiger charge is -2.19. The van der Waals surface area contributed by atoms with Crippen molar-refractivity contribution in [3.63, 3.8) is 0 Å². The van der Waals surface area contributed by atoms with Crippen LogP contribution >= 0.6 is 0 Å². The molecular weight excluding hydrogens is 182 g/mol. The molecule has 1 heteroatoms. The lowest BCUT2D eigenvalue weighted by Crippen LogP contribution is -2.12. The average Bonchev–Trinajstić information content (AvgIpc) is 2.77. The summed E-state index contributed by atoms with van der Waals surface area (Å²) in [7, 11) is 0. The van der Waals surface area contributed by atoms with Crippen LogP contribution in [0.1, 0.15) is 6.92 Å². The Bertz CT molecular complexity index is 477. The van der Waals surface area contributed by atoms with Crippen LogP contribution in [0.15, 0.2) is 65.4 Å². The van der Waals surface area contributed by atoms with E-state index >= 15 is 0 Å². The number of hydrogen-bond acceptors (Lipinski definition) is 1. The molecule has 0 fully saturated rings. The normalized spacial score (nSPS) is 18.5. The molecule has 1 aliphatic heterocycles. The highest BCUT2D eigenvalue weighted by atomic mass is 15.2. The number of hydrogen-bond donors (Lipinski definition) is 0. The van der Waals surface area contributed by atoms with Crippen LogP contribution in [0, 0.1) is 6.54 Å². The zero-order chi connectivity index (χ0) is 10.3. The fourth-order valence-corrected chi connectivity index (χ4v) is 2.05. The molecule has 0 bridgehead atoms. The number of benzene rings is 1. The number of rotatable bonds is 1. The molecule has 0 saturated carbocycles. The SMILES string of the molecule is CC1=CC2=C[CH]N(c3ccccc3)C2=C1. The molecule has 1 aliphatic carbocycles. The second-order valence-electron chi connectivity index (χ2n) is 3.89. The van der Waals surface area contributed by atoms with Gasteiger partial charge < -0.3 is 4.90 Å². The van der Waals surface area contributed by atoms with E-state index in [9.17, 15) is 0 Å². The molecule has 1 aromatic carbocycles. The third-order valence-electron chi connectivity index (χ3n) is 2.74. The molecule has 0 saturated heterocycles. The molecule has 15 heavy (non-hydrogen) atoms. The summed E-state index contributed by atoms with van der Waals surface area (Å²) >= 11 is 0. The van der Waals surface area contributed by atoms with Crippen molar-refractivity contribution in [2.24, 2.45) is 0 Å². The quantitative estimate of drug-likeness (QED) is 0.662. The van der Waals surface area contributed by atoms with Gasteiger partial charge in [0.05, 0.1) is 6.54 Å². The number of para-hydroxylation sites is 1. The second kappa shape index (κ2) is 3.13. The van der Waals surface area contributed by atoms with Gasteiger partial charge in [-0.05, 0) is 36.3 Å². The minimum atomic E-state index is 1.22. The van der Waals surface area contributed by atoms with E-state index in [1.807, 2.05) is 6.07 Å². The molecule has 1 heterocycles. The zero-order valence-corrected chi connectivity index (χ0v) is 8.64. The van der Waals surface area contributed by atoms with Gasteiger partial charge in [-0.25, -0.2) is 0 Å². The number of allylic oxidation sites excluding steroid dienone is 3. The lowest BCUT2D eigenvalue weighted by molar-refractivity contribution is 1.18. The Morgan fingerprint density at radius 1 is 1.00 bits per heavy atom. The summed E-state index contributed by atoms with van der Waals surface area (Å²) in [6, 6.07) is 10.4. The first-order chi connectivity index (χ1) is 7.34. The summed E-state index contributed by atoms with van der Waals surface area (Å²) in [6.45, 7) is 4.26. The standard InChI is InChI=1S/C14H12N/c1-11-9-12-7-8-15(14(12)10-11)13-5-3-2-4-6-13/h2-10H,1H3. The van der Waals surface area contributed by atoms with Crippen LogP contribution in [-0.4, -0.2) is 0 Å². The van der Waals surface area contributed by atoms with Gasteiger partial charge in [-0.2, -0.15) is 0 Å². The van der Waals surface area contributed by atoms with Crippen molar-refractivity contribution in [2.75, 3.05) is 4.90 Å². The molecule has 0 amide bonds. The van der Waals surface area contributed by atoms with Gasteiger partial charge in [-0.3, -0.25) is 0 Å². The average molecular weight is 194 g/mol. The Morgan fingerprint density at radius 2 is 1.80 bits per heavy atom. The third kappa shape index (κ3) is 1.32. The highest BCUT2D eigenvalue weighted by Crippen LogP contribution is 2.36. The Hall–Kier alpha value is -1.76. The zero-order valence-electron chi connectivity index (χ0n) is 8.64. The Kier molecular flexibility index (Phi) is 1.78. The fourth-order valence-electron chi connectivity index (χ4n) is 2.05. The summed E-state index contributed by atoms with van der Waals surface area (Å²) in [5.74, 6) is 0. The molecule has 0 atom stereocenters. The predicted molar refractivity (Wildman–Crippen MR) is 63.1 cm³/mol. The molecule has 0 unspecified atom stereocenters. The maximum absolute atomic E-state index is 2.22. The van der Waals surface area contributed by atoms with E-state index in [4.69, 9.17) is 0 Å². The van der Waals surface area contributed by atoms with Gasteiger partial charge >= 0.3 is 0 Å². The molecule has 0 aromatic heterocycles. The van der Waals surface area contributed by atoms with Crippen molar-refractivity contribution in [3.05, 3.63) is 71.9 Å². The van der Waals surface area contributed by atoms with Crippen molar-refractivity contribution in [3.8, 4) is 0 Å². The van der Waals surface area contributed by atoms with E-state index in [1.54, 1.807) is 0 Å². The van der Waals surface area contributed by atoms with Crippen LogP contribution in [-0.2, 0) is 0 Å². The topological polar surface area (TPSA) is 3.24 Å². The lowest BCUT2D eigenvalue weighted by atomic mass is 10.2. The maximum atomic E-state index is 2.22. The van der Waals surface area contributed by atoms with Crippen LogP contribution in [0.25, 0.3) is 0 Å². The summed E-state index contributed by atoms with van der Waals surface area (Å²) in [5, 5.41) is 0. The molecular formula is C14H12N. The Balaban J connectivity index is 1.98. The van der Waals surface area contributed by atoms with Gasteiger partial charge in [0.2, 0.25) is 0 Å². The van der Waals surface area contributed by atoms with Crippen LogP contribution < -0.4 is 4.90 Å². The van der Waals surface area contributed by atoms with E-state index in [1.165, 1.54) is 22.5 Å². The first-order valence-corrected chi connectivity index (χ1v) is 5.14. The molecule has 1 aromatic rings. The number of fused-ring (bicyclic) bond motifs is 1. The van der Waals surface area contributed by atoms with Gasteiger partial charge in [0.25, 0.3) is 0 Å². The monoisotopic (exact) mass is 194 g/mol. The van der Waals surface area contributed by atoms with E-state index in [0.717, 1.165) is 0 Å². The predicted octanol–water partition coefficient (Wildman–Crippen LogP) is 3.44. The number of anilines is 1. The van der Waals surface area contributed by atoms with E-state index in [0.29, 0.717) is 0 Å². The smallest absolute Gasteiger partial charge is 0.0775 e. The van der Waals surface area contributed by atoms with Crippen molar-refractivity contribution >= 4 is 5.69 Å². The molecule has 0 N–H and O–H groups in total. The van der Waals surface area contributed by atoms with E-state index in [2.05, 4.69) is 60.9 Å². The minimum absolute atomic E-state index is 1.22. The first-order valence-electron chi connectivity index (χ1n) is 5.14. The molecule has 0 spiro atoms. The van der Waals surface area contributed by atoms with Crippen molar-refractivity contribution in [1.82, 2.24) is 0 Å². The first kappa shape index (κ1) is 8.54.